The summed E-state index contributed by atoms with van der Waals surface area (Å²) in [5.74, 6) is 0.351. The van der Waals surface area contributed by atoms with Crippen LogP contribution in [0.25, 0.3) is 0 Å². The van der Waals surface area contributed by atoms with Crippen LogP contribution in [-0.4, -0.2) is 0 Å². The Hall–Kier alpha value is -0.860. The van der Waals surface area contributed by atoms with Crippen LogP contribution in [0.2, 0.25) is 10.0 Å². The molecule has 3 nitrogen and oxygen atoms in total. The fraction of sp³-hybridized carbons (Fsp3) is 0. The van der Waals surface area contributed by atoms with Gasteiger partial charge in [0.15, 0.2) is 0 Å². The Morgan fingerprint density at radius 2 is 1.16 bits per heavy atom. The second kappa shape index (κ2) is 6.06. The first-order valence-corrected chi connectivity index (χ1v) is 8.36. The predicted octanol–water partition coefficient (Wildman–Crippen LogP) is 5.80. The van der Waals surface area contributed by atoms with Crippen LogP contribution in [0.3, 0.4) is 0 Å². The van der Waals surface area contributed by atoms with E-state index in [0.717, 1.165) is 0 Å². The van der Waals surface area contributed by atoms with Gasteiger partial charge in [0.05, 0.1) is 10.0 Å². The quantitative estimate of drug-likeness (QED) is 0.662. The van der Waals surface area contributed by atoms with Crippen molar-refractivity contribution in [2.45, 2.75) is 0 Å². The molecular formula is C12H8Cl3O3P. The van der Waals surface area contributed by atoms with Crippen molar-refractivity contribution in [2.24, 2.45) is 0 Å². The van der Waals surface area contributed by atoms with E-state index in [2.05, 4.69) is 0 Å². The van der Waals surface area contributed by atoms with E-state index in [0.29, 0.717) is 0 Å². The average Bonchev–Trinajstić information content (AvgIpc) is 2.35. The van der Waals surface area contributed by atoms with Gasteiger partial charge in [-0.3, -0.25) is 0 Å². The lowest BCUT2D eigenvalue weighted by molar-refractivity contribution is 0.406. The summed E-state index contributed by atoms with van der Waals surface area (Å²) in [7, 11) is 0. The Kier molecular flexibility index (Phi) is 4.64. The van der Waals surface area contributed by atoms with Crippen LogP contribution in [0.15, 0.2) is 48.5 Å². The summed E-state index contributed by atoms with van der Waals surface area (Å²) in [6.07, 6.45) is 0. The first kappa shape index (κ1) is 14.5. The molecule has 0 amide bonds. The Labute approximate surface area is 125 Å². The first-order valence-electron chi connectivity index (χ1n) is 5.16. The standard InChI is InChI=1S/C12H8Cl3O3P/c13-9-5-1-3-7-11(9)17-19(15,16)18-12-8-4-2-6-10(12)14/h1-8H. The molecule has 0 bridgehead atoms. The lowest BCUT2D eigenvalue weighted by atomic mass is 10.3. The number of hydrogen-bond donors (Lipinski definition) is 0. The third kappa shape index (κ3) is 4.05. The predicted molar refractivity (Wildman–Crippen MR) is 77.6 cm³/mol. The lowest BCUT2D eigenvalue weighted by Gasteiger charge is -2.15. The molecule has 0 aliphatic carbocycles. The van der Waals surface area contributed by atoms with E-state index < -0.39 is 6.95 Å². The fourth-order valence-corrected chi connectivity index (χ4v) is 3.02. The van der Waals surface area contributed by atoms with Crippen LogP contribution < -0.4 is 9.05 Å². The summed E-state index contributed by atoms with van der Waals surface area (Å²) >= 11 is 17.5. The molecule has 2 aromatic carbocycles. The third-order valence-electron chi connectivity index (χ3n) is 2.09. The van der Waals surface area contributed by atoms with Gasteiger partial charge in [0.1, 0.15) is 11.5 Å². The molecule has 0 aromatic heterocycles. The van der Waals surface area contributed by atoms with Gasteiger partial charge in [-0.05, 0) is 24.3 Å². The van der Waals surface area contributed by atoms with Gasteiger partial charge in [-0.1, -0.05) is 47.5 Å². The molecule has 0 atom stereocenters. The molecule has 100 valence electrons. The molecule has 0 fully saturated rings. The zero-order valence-corrected chi connectivity index (χ0v) is 12.6. The second-order valence-corrected chi connectivity index (χ2v) is 6.76. The molecule has 2 aromatic rings. The summed E-state index contributed by atoms with van der Waals surface area (Å²) < 4.78 is 22.3. The average molecular weight is 338 g/mol. The van der Waals surface area contributed by atoms with Crippen LogP contribution in [0.4, 0.5) is 0 Å². The summed E-state index contributed by atoms with van der Waals surface area (Å²) in [5.41, 5.74) is 0. The van der Waals surface area contributed by atoms with E-state index in [1.807, 2.05) is 0 Å². The summed E-state index contributed by atoms with van der Waals surface area (Å²) in [5, 5.41) is 0.567. The van der Waals surface area contributed by atoms with Crippen LogP contribution in [0.5, 0.6) is 11.5 Å². The Balaban J connectivity index is 2.18. The second-order valence-electron chi connectivity index (χ2n) is 3.47. The number of benzene rings is 2. The fourth-order valence-electron chi connectivity index (χ4n) is 1.29. The van der Waals surface area contributed by atoms with Crippen molar-refractivity contribution in [3.05, 3.63) is 58.6 Å². The minimum atomic E-state index is -3.89. The number of halogens is 3. The summed E-state index contributed by atoms with van der Waals surface area (Å²) in [4.78, 5) is 0. The molecule has 0 saturated carbocycles. The maximum absolute atomic E-state index is 12.1. The van der Waals surface area contributed by atoms with Gasteiger partial charge in [-0.2, -0.15) is 0 Å². The van der Waals surface area contributed by atoms with Crippen molar-refractivity contribution in [2.75, 3.05) is 0 Å². The van der Waals surface area contributed by atoms with Crippen molar-refractivity contribution in [1.29, 1.82) is 0 Å². The maximum Gasteiger partial charge on any atom is 0.530 e. The van der Waals surface area contributed by atoms with Crippen LogP contribution >= 0.6 is 41.4 Å². The van der Waals surface area contributed by atoms with E-state index >= 15 is 0 Å². The van der Waals surface area contributed by atoms with Crippen molar-refractivity contribution >= 4 is 41.4 Å². The van der Waals surface area contributed by atoms with E-state index in [-0.39, 0.29) is 21.5 Å². The van der Waals surface area contributed by atoms with E-state index in [1.165, 1.54) is 12.1 Å². The normalized spacial score (nSPS) is 11.1. The number of hydrogen-bond acceptors (Lipinski definition) is 3. The molecule has 0 heterocycles. The van der Waals surface area contributed by atoms with Gasteiger partial charge in [0.2, 0.25) is 0 Å². The third-order valence-corrected chi connectivity index (χ3v) is 3.96. The van der Waals surface area contributed by atoms with Gasteiger partial charge < -0.3 is 9.05 Å². The largest absolute Gasteiger partial charge is 0.530 e. The van der Waals surface area contributed by atoms with E-state index in [9.17, 15) is 4.57 Å². The Morgan fingerprint density at radius 3 is 1.53 bits per heavy atom. The van der Waals surface area contributed by atoms with Crippen LogP contribution in [0.1, 0.15) is 0 Å². The van der Waals surface area contributed by atoms with Crippen LogP contribution in [-0.2, 0) is 4.57 Å². The Morgan fingerprint density at radius 1 is 0.789 bits per heavy atom. The highest BCUT2D eigenvalue weighted by molar-refractivity contribution is 7.82. The number of rotatable bonds is 4. The van der Waals surface area contributed by atoms with Crippen molar-refractivity contribution < 1.29 is 13.6 Å². The zero-order valence-electron chi connectivity index (χ0n) is 9.42. The van der Waals surface area contributed by atoms with Gasteiger partial charge >= 0.3 is 6.95 Å². The molecule has 0 aliphatic rings. The van der Waals surface area contributed by atoms with Gasteiger partial charge in [-0.15, -0.1) is 0 Å². The van der Waals surface area contributed by atoms with Gasteiger partial charge in [-0.25, -0.2) is 4.57 Å². The minimum absolute atomic E-state index is 0.176. The first-order chi connectivity index (χ1) is 8.98. The van der Waals surface area contributed by atoms with Crippen molar-refractivity contribution in [1.82, 2.24) is 0 Å². The molecule has 0 aliphatic heterocycles. The highest BCUT2D eigenvalue weighted by Gasteiger charge is 2.26. The molecule has 2 rings (SSSR count). The van der Waals surface area contributed by atoms with Gasteiger partial charge in [0, 0.05) is 11.2 Å². The van der Waals surface area contributed by atoms with Gasteiger partial charge in [0.25, 0.3) is 0 Å². The molecule has 0 spiro atoms. The molecule has 7 heteroatoms. The SMILES string of the molecule is O=P(Cl)(Oc1ccccc1Cl)Oc1ccccc1Cl. The molecule has 0 N–H and O–H groups in total. The molecule has 0 saturated heterocycles. The Bertz CT molecular complexity index is 582. The smallest absolute Gasteiger partial charge is 0.403 e. The molecular weight excluding hydrogens is 329 g/mol. The summed E-state index contributed by atoms with van der Waals surface area (Å²) in [6.45, 7) is -3.89. The molecule has 0 unspecified atom stereocenters. The van der Waals surface area contributed by atoms with Crippen molar-refractivity contribution in [3.63, 3.8) is 0 Å². The highest BCUT2D eigenvalue weighted by Crippen LogP contribution is 2.55. The summed E-state index contributed by atoms with van der Waals surface area (Å²) in [6, 6.07) is 13.0. The monoisotopic (exact) mass is 336 g/mol. The maximum atomic E-state index is 12.1. The van der Waals surface area contributed by atoms with Crippen LogP contribution in [0, 0.1) is 0 Å². The molecule has 19 heavy (non-hydrogen) atoms. The lowest BCUT2D eigenvalue weighted by Crippen LogP contribution is -1.96. The zero-order chi connectivity index (χ0) is 13.9. The minimum Gasteiger partial charge on any atom is -0.403 e. The number of para-hydroxylation sites is 2. The van der Waals surface area contributed by atoms with Crippen molar-refractivity contribution in [3.8, 4) is 11.5 Å². The van der Waals surface area contributed by atoms with E-state index in [4.69, 9.17) is 43.5 Å². The van der Waals surface area contributed by atoms with E-state index in [1.54, 1.807) is 36.4 Å². The highest BCUT2D eigenvalue weighted by atomic mass is 35.7. The topological polar surface area (TPSA) is 35.5 Å². The molecule has 0 radical (unpaired) electrons.